The Morgan fingerprint density at radius 2 is 1.90 bits per heavy atom. The predicted octanol–water partition coefficient (Wildman–Crippen LogP) is 3.56. The van der Waals surface area contributed by atoms with Crippen molar-refractivity contribution in [2.45, 2.75) is 19.8 Å². The molecule has 0 saturated heterocycles. The molecular formula is C16H18N4. The van der Waals surface area contributed by atoms with Gasteiger partial charge in [0.05, 0.1) is 6.20 Å². The summed E-state index contributed by atoms with van der Waals surface area (Å²) >= 11 is 0. The van der Waals surface area contributed by atoms with Crippen LogP contribution in [-0.2, 0) is 0 Å². The van der Waals surface area contributed by atoms with Gasteiger partial charge >= 0.3 is 0 Å². The summed E-state index contributed by atoms with van der Waals surface area (Å²) in [6.45, 7) is 4.30. The lowest BCUT2D eigenvalue weighted by atomic mass is 10.1. The zero-order valence-electron chi connectivity index (χ0n) is 12.0. The third kappa shape index (κ3) is 2.03. The second kappa shape index (κ2) is 4.96. The van der Waals surface area contributed by atoms with E-state index in [0.717, 1.165) is 28.3 Å². The van der Waals surface area contributed by atoms with E-state index in [9.17, 15) is 0 Å². The van der Waals surface area contributed by atoms with E-state index in [1.807, 2.05) is 36.0 Å². The molecule has 1 N–H and O–H groups in total. The molecule has 2 heterocycles. The number of fused-ring (bicyclic) bond motifs is 1. The van der Waals surface area contributed by atoms with Gasteiger partial charge in [-0.05, 0) is 11.5 Å². The van der Waals surface area contributed by atoms with Crippen molar-refractivity contribution < 1.29 is 0 Å². The Morgan fingerprint density at radius 1 is 1.15 bits per heavy atom. The van der Waals surface area contributed by atoms with Crippen LogP contribution in [0.25, 0.3) is 16.8 Å². The first-order valence-corrected chi connectivity index (χ1v) is 6.82. The minimum Gasteiger partial charge on any atom is -0.373 e. The number of hydrogen-bond donors (Lipinski definition) is 1. The van der Waals surface area contributed by atoms with E-state index in [2.05, 4.69) is 42.5 Å². The number of anilines is 1. The molecule has 102 valence electrons. The molecule has 0 fully saturated rings. The number of nitrogens with zero attached hydrogens (tertiary/aromatic N) is 3. The van der Waals surface area contributed by atoms with Crippen LogP contribution >= 0.6 is 0 Å². The van der Waals surface area contributed by atoms with E-state index in [1.165, 1.54) is 0 Å². The molecule has 20 heavy (non-hydrogen) atoms. The Balaban J connectivity index is 2.28. The molecule has 0 radical (unpaired) electrons. The SMILES string of the molecule is CNc1cc(C(C)C)nc2c(-c3ccccc3)cnn12. The molecule has 0 amide bonds. The van der Waals surface area contributed by atoms with Crippen LogP contribution in [0, 0.1) is 0 Å². The summed E-state index contributed by atoms with van der Waals surface area (Å²) in [7, 11) is 1.91. The van der Waals surface area contributed by atoms with Gasteiger partial charge in [-0.25, -0.2) is 4.98 Å². The van der Waals surface area contributed by atoms with Gasteiger partial charge in [0.15, 0.2) is 5.65 Å². The third-order valence-electron chi connectivity index (χ3n) is 3.42. The fraction of sp³-hybridized carbons (Fsp3) is 0.250. The van der Waals surface area contributed by atoms with Crippen LogP contribution < -0.4 is 5.32 Å². The number of rotatable bonds is 3. The zero-order valence-corrected chi connectivity index (χ0v) is 12.0. The maximum Gasteiger partial charge on any atom is 0.165 e. The molecule has 0 spiro atoms. The Bertz CT molecular complexity index is 729. The van der Waals surface area contributed by atoms with Gasteiger partial charge in [0, 0.05) is 24.4 Å². The monoisotopic (exact) mass is 266 g/mol. The first-order chi connectivity index (χ1) is 9.70. The maximum absolute atomic E-state index is 4.78. The lowest BCUT2D eigenvalue weighted by Crippen LogP contribution is -2.04. The van der Waals surface area contributed by atoms with Gasteiger partial charge in [0.25, 0.3) is 0 Å². The Hall–Kier alpha value is -2.36. The minimum absolute atomic E-state index is 0.380. The lowest BCUT2D eigenvalue weighted by Gasteiger charge is -2.10. The minimum atomic E-state index is 0.380. The molecule has 0 saturated carbocycles. The van der Waals surface area contributed by atoms with Crippen LogP contribution in [0.2, 0.25) is 0 Å². The molecule has 0 bridgehead atoms. The highest BCUT2D eigenvalue weighted by Crippen LogP contribution is 2.27. The highest BCUT2D eigenvalue weighted by molar-refractivity contribution is 5.78. The molecule has 4 heteroatoms. The molecule has 1 aromatic carbocycles. The molecule has 0 unspecified atom stereocenters. The van der Waals surface area contributed by atoms with Gasteiger partial charge in [0.2, 0.25) is 0 Å². The number of hydrogen-bond acceptors (Lipinski definition) is 3. The molecular weight excluding hydrogens is 248 g/mol. The topological polar surface area (TPSA) is 42.2 Å². The number of aromatic nitrogens is 3. The molecule has 2 aromatic heterocycles. The molecule has 4 nitrogen and oxygen atoms in total. The molecule has 0 aliphatic carbocycles. The van der Waals surface area contributed by atoms with Crippen molar-refractivity contribution in [2.24, 2.45) is 0 Å². The summed E-state index contributed by atoms with van der Waals surface area (Å²) in [5.74, 6) is 1.34. The quantitative estimate of drug-likeness (QED) is 0.788. The van der Waals surface area contributed by atoms with E-state index < -0.39 is 0 Å². The predicted molar refractivity (Wildman–Crippen MR) is 82.1 cm³/mol. The van der Waals surface area contributed by atoms with Crippen molar-refractivity contribution >= 4 is 11.5 Å². The van der Waals surface area contributed by atoms with Crippen molar-refractivity contribution in [1.29, 1.82) is 0 Å². The van der Waals surface area contributed by atoms with Gasteiger partial charge in [-0.3, -0.25) is 0 Å². The highest BCUT2D eigenvalue weighted by Gasteiger charge is 2.13. The zero-order chi connectivity index (χ0) is 14.1. The fourth-order valence-electron chi connectivity index (χ4n) is 2.28. The molecule has 0 aliphatic heterocycles. The van der Waals surface area contributed by atoms with Gasteiger partial charge in [-0.2, -0.15) is 9.61 Å². The third-order valence-corrected chi connectivity index (χ3v) is 3.42. The maximum atomic E-state index is 4.78. The van der Waals surface area contributed by atoms with Gasteiger partial charge < -0.3 is 5.32 Å². The summed E-state index contributed by atoms with van der Waals surface area (Å²) in [6.07, 6.45) is 1.88. The fourth-order valence-corrected chi connectivity index (χ4v) is 2.28. The average molecular weight is 266 g/mol. The first kappa shape index (κ1) is 12.7. The molecule has 3 rings (SSSR count). The largest absolute Gasteiger partial charge is 0.373 e. The summed E-state index contributed by atoms with van der Waals surface area (Å²) in [5, 5.41) is 7.65. The van der Waals surface area contributed by atoms with E-state index in [-0.39, 0.29) is 0 Å². The summed E-state index contributed by atoms with van der Waals surface area (Å²) < 4.78 is 1.86. The molecule has 3 aromatic rings. The van der Waals surface area contributed by atoms with Crippen LogP contribution in [0.5, 0.6) is 0 Å². The van der Waals surface area contributed by atoms with Crippen molar-refractivity contribution in [1.82, 2.24) is 14.6 Å². The lowest BCUT2D eigenvalue weighted by molar-refractivity contribution is 0.811. The van der Waals surface area contributed by atoms with E-state index >= 15 is 0 Å². The van der Waals surface area contributed by atoms with Crippen LogP contribution in [-0.4, -0.2) is 21.6 Å². The molecule has 0 atom stereocenters. The van der Waals surface area contributed by atoms with Crippen molar-refractivity contribution in [2.75, 3.05) is 12.4 Å². The highest BCUT2D eigenvalue weighted by atomic mass is 15.3. The second-order valence-corrected chi connectivity index (χ2v) is 5.13. The second-order valence-electron chi connectivity index (χ2n) is 5.13. The number of nitrogens with one attached hydrogen (secondary N) is 1. The number of benzene rings is 1. The summed E-state index contributed by atoms with van der Waals surface area (Å²) in [5.41, 5.74) is 4.16. The first-order valence-electron chi connectivity index (χ1n) is 6.82. The van der Waals surface area contributed by atoms with Gasteiger partial charge in [-0.1, -0.05) is 44.2 Å². The van der Waals surface area contributed by atoms with Crippen LogP contribution in [0.3, 0.4) is 0 Å². The smallest absolute Gasteiger partial charge is 0.165 e. The summed E-state index contributed by atoms with van der Waals surface area (Å²) in [6, 6.07) is 12.3. The van der Waals surface area contributed by atoms with Crippen LogP contribution in [0.1, 0.15) is 25.5 Å². The Kier molecular flexibility index (Phi) is 3.14. The van der Waals surface area contributed by atoms with Crippen molar-refractivity contribution in [3.05, 3.63) is 48.3 Å². The standard InChI is InChI=1S/C16H18N4/c1-11(2)14-9-15(17-3)20-16(19-14)13(10-18-20)12-7-5-4-6-8-12/h4-11,17H,1-3H3. The normalized spacial score (nSPS) is 11.2. The van der Waals surface area contributed by atoms with Crippen LogP contribution in [0.4, 0.5) is 5.82 Å². The van der Waals surface area contributed by atoms with Crippen molar-refractivity contribution in [3.8, 4) is 11.1 Å². The van der Waals surface area contributed by atoms with Crippen molar-refractivity contribution in [3.63, 3.8) is 0 Å². The van der Waals surface area contributed by atoms with E-state index in [0.29, 0.717) is 5.92 Å². The molecule has 0 aliphatic rings. The van der Waals surface area contributed by atoms with Gasteiger partial charge in [-0.15, -0.1) is 0 Å². The Labute approximate surface area is 118 Å². The van der Waals surface area contributed by atoms with E-state index in [1.54, 1.807) is 0 Å². The Morgan fingerprint density at radius 3 is 2.55 bits per heavy atom. The van der Waals surface area contributed by atoms with Gasteiger partial charge in [0.1, 0.15) is 5.82 Å². The average Bonchev–Trinajstić information content (AvgIpc) is 2.91. The van der Waals surface area contributed by atoms with Crippen LogP contribution in [0.15, 0.2) is 42.6 Å². The summed E-state index contributed by atoms with van der Waals surface area (Å²) in [4.78, 5) is 4.78. The van der Waals surface area contributed by atoms with E-state index in [4.69, 9.17) is 4.98 Å².